The Morgan fingerprint density at radius 2 is 1.70 bits per heavy atom. The van der Waals surface area contributed by atoms with Crippen LogP contribution in [0.1, 0.15) is 16.7 Å². The molecule has 0 saturated heterocycles. The quantitative estimate of drug-likeness (QED) is 0.495. The highest BCUT2D eigenvalue weighted by atomic mass is 16.5. The van der Waals surface area contributed by atoms with Crippen molar-refractivity contribution in [2.45, 2.75) is 20.1 Å². The lowest BCUT2D eigenvalue weighted by Crippen LogP contribution is -1.99. The minimum absolute atomic E-state index is 0.562. The first kappa shape index (κ1) is 17.0. The molecule has 2 aromatic heterocycles. The molecule has 0 radical (unpaired) electrons. The van der Waals surface area contributed by atoms with Crippen LogP contribution in [0, 0.1) is 6.92 Å². The number of pyridine rings is 1. The van der Waals surface area contributed by atoms with E-state index in [-0.39, 0.29) is 0 Å². The fourth-order valence-corrected chi connectivity index (χ4v) is 2.94. The van der Waals surface area contributed by atoms with Gasteiger partial charge in [0.25, 0.3) is 0 Å². The van der Waals surface area contributed by atoms with E-state index in [0.29, 0.717) is 6.61 Å². The van der Waals surface area contributed by atoms with Gasteiger partial charge in [-0.15, -0.1) is 0 Å². The van der Waals surface area contributed by atoms with E-state index in [2.05, 4.69) is 53.5 Å². The van der Waals surface area contributed by atoms with Gasteiger partial charge in [-0.3, -0.25) is 9.67 Å². The highest BCUT2D eigenvalue weighted by Gasteiger charge is 2.07. The number of ether oxygens (including phenoxy) is 1. The minimum Gasteiger partial charge on any atom is -0.489 e. The zero-order chi connectivity index (χ0) is 18.5. The molecule has 2 aromatic carbocycles. The molecule has 134 valence electrons. The van der Waals surface area contributed by atoms with Gasteiger partial charge in [-0.2, -0.15) is 5.10 Å². The second-order valence-electron chi connectivity index (χ2n) is 6.54. The maximum atomic E-state index is 6.05. The van der Waals surface area contributed by atoms with Crippen LogP contribution in [0.25, 0.3) is 11.1 Å². The van der Waals surface area contributed by atoms with Crippen molar-refractivity contribution >= 4 is 0 Å². The Kier molecular flexibility index (Phi) is 4.97. The van der Waals surface area contributed by atoms with E-state index in [4.69, 9.17) is 4.74 Å². The van der Waals surface area contributed by atoms with Crippen LogP contribution < -0.4 is 4.74 Å². The molecule has 27 heavy (non-hydrogen) atoms. The van der Waals surface area contributed by atoms with Crippen LogP contribution in [0.3, 0.4) is 0 Å². The summed E-state index contributed by atoms with van der Waals surface area (Å²) in [5, 5.41) is 4.49. The Hall–Kier alpha value is -3.40. The van der Waals surface area contributed by atoms with Gasteiger partial charge in [0.1, 0.15) is 12.4 Å². The van der Waals surface area contributed by atoms with E-state index >= 15 is 0 Å². The largest absolute Gasteiger partial charge is 0.489 e. The third kappa shape index (κ3) is 4.23. The van der Waals surface area contributed by atoms with Crippen molar-refractivity contribution < 1.29 is 4.74 Å². The van der Waals surface area contributed by atoms with Crippen LogP contribution in [0.2, 0.25) is 0 Å². The zero-order valence-corrected chi connectivity index (χ0v) is 15.2. The monoisotopic (exact) mass is 355 g/mol. The Balaban J connectivity index is 1.51. The molecule has 0 unspecified atom stereocenters. The first-order chi connectivity index (χ1) is 13.3. The molecule has 0 amide bonds. The summed E-state index contributed by atoms with van der Waals surface area (Å²) in [7, 11) is 0. The van der Waals surface area contributed by atoms with E-state index in [1.54, 1.807) is 12.4 Å². The summed E-state index contributed by atoms with van der Waals surface area (Å²) < 4.78 is 7.99. The maximum Gasteiger partial charge on any atom is 0.123 e. The van der Waals surface area contributed by atoms with Crippen molar-refractivity contribution in [3.05, 3.63) is 102 Å². The van der Waals surface area contributed by atoms with Crippen LogP contribution in [0.4, 0.5) is 0 Å². The molecule has 4 heteroatoms. The Bertz CT molecular complexity index is 1010. The molecular formula is C23H21N3O. The van der Waals surface area contributed by atoms with Gasteiger partial charge in [0.05, 0.1) is 12.7 Å². The number of benzene rings is 2. The summed E-state index contributed by atoms with van der Waals surface area (Å²) >= 11 is 0. The van der Waals surface area contributed by atoms with Crippen LogP contribution in [0.5, 0.6) is 5.75 Å². The zero-order valence-electron chi connectivity index (χ0n) is 15.2. The van der Waals surface area contributed by atoms with E-state index in [0.717, 1.165) is 34.5 Å². The lowest BCUT2D eigenvalue weighted by Gasteiger charge is -2.11. The summed E-state index contributed by atoms with van der Waals surface area (Å²) in [6.45, 7) is 3.36. The minimum atomic E-state index is 0.562. The summed E-state index contributed by atoms with van der Waals surface area (Å²) in [5.74, 6) is 0.901. The smallest absolute Gasteiger partial charge is 0.123 e. The van der Waals surface area contributed by atoms with E-state index in [9.17, 15) is 0 Å². The number of aryl methyl sites for hydroxylation is 1. The summed E-state index contributed by atoms with van der Waals surface area (Å²) in [6.07, 6.45) is 7.56. The molecule has 0 aliphatic carbocycles. The second-order valence-corrected chi connectivity index (χ2v) is 6.54. The number of hydrogen-bond acceptors (Lipinski definition) is 3. The van der Waals surface area contributed by atoms with Crippen LogP contribution in [-0.4, -0.2) is 14.8 Å². The number of nitrogens with zero attached hydrogens (tertiary/aromatic N) is 3. The molecule has 0 aliphatic heterocycles. The van der Waals surface area contributed by atoms with Gasteiger partial charge < -0.3 is 4.74 Å². The molecule has 0 saturated carbocycles. The average molecular weight is 355 g/mol. The molecule has 2 heterocycles. The maximum absolute atomic E-state index is 6.05. The standard InChI is InChI=1S/C23H21N3O/c1-18-7-8-21(13-23(18)27-17-20-5-3-2-4-6-20)22-14-25-26(16-22)15-19-9-11-24-12-10-19/h2-14,16H,15,17H2,1H3. The van der Waals surface area contributed by atoms with Gasteiger partial charge in [-0.25, -0.2) is 0 Å². The van der Waals surface area contributed by atoms with Crippen molar-refractivity contribution in [1.29, 1.82) is 0 Å². The third-order valence-electron chi connectivity index (χ3n) is 4.49. The normalized spacial score (nSPS) is 10.7. The number of aromatic nitrogens is 3. The van der Waals surface area contributed by atoms with Crippen LogP contribution >= 0.6 is 0 Å². The second kappa shape index (κ2) is 7.87. The topological polar surface area (TPSA) is 39.9 Å². The van der Waals surface area contributed by atoms with E-state index < -0.39 is 0 Å². The molecule has 0 atom stereocenters. The van der Waals surface area contributed by atoms with Crippen molar-refractivity contribution in [3.63, 3.8) is 0 Å². The third-order valence-corrected chi connectivity index (χ3v) is 4.49. The molecule has 4 aromatic rings. The predicted octanol–water partition coefficient (Wildman–Crippen LogP) is 4.88. The van der Waals surface area contributed by atoms with Crippen molar-refractivity contribution in [2.24, 2.45) is 0 Å². The summed E-state index contributed by atoms with van der Waals surface area (Å²) in [6, 6.07) is 20.5. The van der Waals surface area contributed by atoms with Gasteiger partial charge in [-0.05, 0) is 47.4 Å². The van der Waals surface area contributed by atoms with Crippen molar-refractivity contribution in [3.8, 4) is 16.9 Å². The number of rotatable bonds is 6. The summed E-state index contributed by atoms with van der Waals surface area (Å²) in [4.78, 5) is 4.05. The molecule has 4 rings (SSSR count). The van der Waals surface area contributed by atoms with Crippen molar-refractivity contribution in [2.75, 3.05) is 0 Å². The first-order valence-electron chi connectivity index (χ1n) is 8.97. The molecule has 0 N–H and O–H groups in total. The molecule has 0 bridgehead atoms. The highest BCUT2D eigenvalue weighted by molar-refractivity contribution is 5.64. The fraction of sp³-hybridized carbons (Fsp3) is 0.130. The lowest BCUT2D eigenvalue weighted by molar-refractivity contribution is 0.304. The Labute approximate surface area is 159 Å². The molecule has 0 fully saturated rings. The Morgan fingerprint density at radius 1 is 0.889 bits per heavy atom. The van der Waals surface area contributed by atoms with Gasteiger partial charge in [0, 0.05) is 24.2 Å². The van der Waals surface area contributed by atoms with Gasteiger partial charge >= 0.3 is 0 Å². The van der Waals surface area contributed by atoms with Gasteiger partial charge in [-0.1, -0.05) is 42.5 Å². The highest BCUT2D eigenvalue weighted by Crippen LogP contribution is 2.27. The molecular weight excluding hydrogens is 334 g/mol. The Morgan fingerprint density at radius 3 is 2.52 bits per heavy atom. The molecule has 4 nitrogen and oxygen atoms in total. The van der Waals surface area contributed by atoms with E-state index in [1.165, 1.54) is 5.56 Å². The number of hydrogen-bond donors (Lipinski definition) is 0. The van der Waals surface area contributed by atoms with Gasteiger partial charge in [0.15, 0.2) is 0 Å². The molecule has 0 aliphatic rings. The van der Waals surface area contributed by atoms with Crippen LogP contribution in [0.15, 0.2) is 85.5 Å². The van der Waals surface area contributed by atoms with Crippen molar-refractivity contribution in [1.82, 2.24) is 14.8 Å². The van der Waals surface area contributed by atoms with Crippen LogP contribution in [-0.2, 0) is 13.2 Å². The fourth-order valence-electron chi connectivity index (χ4n) is 2.94. The van der Waals surface area contributed by atoms with E-state index in [1.807, 2.05) is 41.2 Å². The summed E-state index contributed by atoms with van der Waals surface area (Å²) in [5.41, 5.74) is 5.64. The first-order valence-corrected chi connectivity index (χ1v) is 8.97. The van der Waals surface area contributed by atoms with Gasteiger partial charge in [0.2, 0.25) is 0 Å². The predicted molar refractivity (Wildman–Crippen MR) is 107 cm³/mol. The average Bonchev–Trinajstić information content (AvgIpc) is 3.17. The lowest BCUT2D eigenvalue weighted by atomic mass is 10.1. The molecule has 0 spiro atoms. The SMILES string of the molecule is Cc1ccc(-c2cnn(Cc3ccncc3)c2)cc1OCc1ccccc1.